The summed E-state index contributed by atoms with van der Waals surface area (Å²) in [5.41, 5.74) is 1.90. The molecule has 0 unspecified atom stereocenters. The van der Waals surface area contributed by atoms with E-state index in [9.17, 15) is 26.7 Å². The van der Waals surface area contributed by atoms with E-state index in [1.54, 1.807) is 11.8 Å². The van der Waals surface area contributed by atoms with Crippen molar-refractivity contribution in [2.24, 2.45) is 0 Å². The van der Waals surface area contributed by atoms with Crippen LogP contribution in [-0.2, 0) is 15.6 Å². The number of aliphatic hydroxyl groups is 1. The molecule has 1 saturated heterocycles. The lowest BCUT2D eigenvalue weighted by Gasteiger charge is -2.38. The van der Waals surface area contributed by atoms with E-state index in [4.69, 9.17) is 5.73 Å². The number of rotatable bonds is 4. The Labute approximate surface area is 183 Å². The normalized spacial score (nSPS) is 19.7. The molecule has 0 aromatic carbocycles. The van der Waals surface area contributed by atoms with Crippen LogP contribution in [0.5, 0.6) is 0 Å². The Morgan fingerprint density at radius 2 is 1.81 bits per heavy atom. The second kappa shape index (κ2) is 8.53. The summed E-state index contributed by atoms with van der Waals surface area (Å²) < 4.78 is 66.3. The van der Waals surface area contributed by atoms with Gasteiger partial charge in [-0.05, 0) is 26.0 Å². The van der Waals surface area contributed by atoms with E-state index in [0.717, 1.165) is 12.4 Å². The van der Waals surface area contributed by atoms with Crippen LogP contribution in [0.2, 0.25) is 0 Å². The quantitative estimate of drug-likeness (QED) is 0.637. The Morgan fingerprint density at radius 3 is 2.34 bits per heavy atom. The van der Waals surface area contributed by atoms with Gasteiger partial charge < -0.3 is 15.7 Å². The van der Waals surface area contributed by atoms with Crippen LogP contribution in [0.15, 0.2) is 35.6 Å². The number of nitrogens with zero attached hydrogens (tertiary/aromatic N) is 5. The molecule has 2 atom stereocenters. The third-order valence-electron chi connectivity index (χ3n) is 5.06. The second-order valence-corrected chi connectivity index (χ2v) is 9.16. The molecule has 2 aromatic heterocycles. The van der Waals surface area contributed by atoms with Crippen LogP contribution < -0.4 is 10.6 Å². The number of hydrogen-bond acceptors (Lipinski definition) is 8. The molecule has 172 valence electrons. The van der Waals surface area contributed by atoms with Gasteiger partial charge in [0, 0.05) is 43.8 Å². The molecule has 1 aliphatic rings. The number of alkyl halides is 3. The molecule has 13 heteroatoms. The molecule has 3 N–H and O–H groups in total. The van der Waals surface area contributed by atoms with E-state index in [0.29, 0.717) is 6.92 Å². The first-order chi connectivity index (χ1) is 14.9. The third kappa shape index (κ3) is 4.47. The Morgan fingerprint density at radius 1 is 1.16 bits per heavy atom. The van der Waals surface area contributed by atoms with Crippen LogP contribution in [0.3, 0.4) is 0 Å². The predicted molar refractivity (Wildman–Crippen MR) is 110 cm³/mol. The molecule has 0 amide bonds. The molecule has 0 aliphatic carbocycles. The molecule has 0 bridgehead atoms. The first-order valence-electron chi connectivity index (χ1n) is 9.40. The summed E-state index contributed by atoms with van der Waals surface area (Å²) in [6.45, 7) is 2.40. The number of piperazine rings is 1. The van der Waals surface area contributed by atoms with Crippen LogP contribution in [0.1, 0.15) is 19.4 Å². The molecule has 9 nitrogen and oxygen atoms in total. The highest BCUT2D eigenvalue weighted by Gasteiger charge is 2.51. The molecular weight excluding hydrogens is 449 g/mol. The highest BCUT2D eigenvalue weighted by molar-refractivity contribution is 7.89. The summed E-state index contributed by atoms with van der Waals surface area (Å²) in [6, 6.07) is 2.11. The van der Waals surface area contributed by atoms with Gasteiger partial charge in [0.25, 0.3) is 0 Å². The van der Waals surface area contributed by atoms with E-state index in [1.807, 2.05) is 0 Å². The second-order valence-electron chi connectivity index (χ2n) is 7.23. The Hall–Kier alpha value is -2.95. The number of aromatic nitrogens is 3. The molecule has 0 saturated carbocycles. The van der Waals surface area contributed by atoms with E-state index in [-0.39, 0.29) is 36.3 Å². The topological polar surface area (TPSA) is 126 Å². The molecule has 1 aliphatic heterocycles. The van der Waals surface area contributed by atoms with E-state index >= 15 is 0 Å². The van der Waals surface area contributed by atoms with Gasteiger partial charge in [-0.2, -0.15) is 17.5 Å². The van der Waals surface area contributed by atoms with Gasteiger partial charge in [-0.15, -0.1) is 5.92 Å². The largest absolute Gasteiger partial charge is 0.421 e. The predicted octanol–water partition coefficient (Wildman–Crippen LogP) is 1.13. The minimum Gasteiger partial charge on any atom is -0.384 e. The van der Waals surface area contributed by atoms with Gasteiger partial charge >= 0.3 is 6.18 Å². The summed E-state index contributed by atoms with van der Waals surface area (Å²) in [5.74, 6) is 5.88. The van der Waals surface area contributed by atoms with Gasteiger partial charge in [-0.1, -0.05) is 5.92 Å². The fourth-order valence-corrected chi connectivity index (χ4v) is 4.47. The molecule has 3 heterocycles. The Kier molecular flexibility index (Phi) is 6.32. The molecule has 0 spiro atoms. The zero-order valence-corrected chi connectivity index (χ0v) is 18.0. The van der Waals surface area contributed by atoms with Crippen LogP contribution >= 0.6 is 0 Å². The maximum atomic E-state index is 13.0. The van der Waals surface area contributed by atoms with Crippen molar-refractivity contribution in [3.8, 4) is 11.8 Å². The van der Waals surface area contributed by atoms with Gasteiger partial charge in [-0.25, -0.2) is 23.4 Å². The average molecular weight is 470 g/mol. The fraction of sp³-hybridized carbons (Fsp3) is 0.421. The summed E-state index contributed by atoms with van der Waals surface area (Å²) in [4.78, 5) is 13.3. The van der Waals surface area contributed by atoms with Gasteiger partial charge in [0.05, 0.1) is 0 Å². The number of nitrogen functional groups attached to an aromatic ring is 1. The maximum absolute atomic E-state index is 13.0. The SMILES string of the molecule is CC#C[C@H]1CN(S(=O)(=O)c2ccc(N)nc2)CCN1c1ncc([C@](C)(O)C(F)(F)F)cn1. The van der Waals surface area contributed by atoms with Crippen molar-refractivity contribution in [3.05, 3.63) is 36.3 Å². The molecule has 32 heavy (non-hydrogen) atoms. The molecule has 3 rings (SSSR count). The fourth-order valence-electron chi connectivity index (χ4n) is 3.08. The van der Waals surface area contributed by atoms with Crippen molar-refractivity contribution in [1.82, 2.24) is 19.3 Å². The van der Waals surface area contributed by atoms with E-state index in [2.05, 4.69) is 26.8 Å². The van der Waals surface area contributed by atoms with Crippen molar-refractivity contribution >= 4 is 21.8 Å². The lowest BCUT2D eigenvalue weighted by atomic mass is 9.99. The van der Waals surface area contributed by atoms with Crippen molar-refractivity contribution in [2.45, 2.75) is 36.6 Å². The van der Waals surface area contributed by atoms with Crippen molar-refractivity contribution < 1.29 is 26.7 Å². The summed E-state index contributed by atoms with van der Waals surface area (Å²) >= 11 is 0. The number of nitrogens with two attached hydrogens (primary N) is 1. The Balaban J connectivity index is 1.84. The highest BCUT2D eigenvalue weighted by Crippen LogP contribution is 2.38. The minimum atomic E-state index is -4.90. The Bertz CT molecular complexity index is 1130. The third-order valence-corrected chi connectivity index (χ3v) is 6.91. The summed E-state index contributed by atoms with van der Waals surface area (Å²) in [7, 11) is -3.86. The lowest BCUT2D eigenvalue weighted by Crippen LogP contribution is -2.54. The smallest absolute Gasteiger partial charge is 0.384 e. The van der Waals surface area contributed by atoms with Gasteiger partial charge in [0.2, 0.25) is 16.0 Å². The lowest BCUT2D eigenvalue weighted by molar-refractivity contribution is -0.259. The van der Waals surface area contributed by atoms with Gasteiger partial charge in [-0.3, -0.25) is 0 Å². The number of anilines is 2. The van der Waals surface area contributed by atoms with Gasteiger partial charge in [0.1, 0.15) is 16.8 Å². The first-order valence-corrected chi connectivity index (χ1v) is 10.8. The summed E-state index contributed by atoms with van der Waals surface area (Å²) in [5, 5.41) is 9.78. The zero-order chi connectivity index (χ0) is 23.7. The maximum Gasteiger partial charge on any atom is 0.421 e. The monoisotopic (exact) mass is 470 g/mol. The standard InChI is InChI=1S/C19H21F3N6O3S/c1-3-4-14-12-27(32(30,31)15-5-6-16(23)24-11-15)7-8-28(14)17-25-9-13(10-26-17)18(2,29)19(20,21)22/h5-6,9-11,14,29H,7-8,12H2,1-2H3,(H2,23,24)/t14-,18-/m0/s1. The van der Waals surface area contributed by atoms with Crippen LogP contribution in [0.4, 0.5) is 24.9 Å². The molecule has 0 radical (unpaired) electrons. The van der Waals surface area contributed by atoms with Crippen LogP contribution in [0, 0.1) is 11.8 Å². The van der Waals surface area contributed by atoms with Crippen molar-refractivity contribution in [3.63, 3.8) is 0 Å². The first kappa shape index (κ1) is 23.7. The van der Waals surface area contributed by atoms with E-state index in [1.165, 1.54) is 22.6 Å². The average Bonchev–Trinajstić information content (AvgIpc) is 2.73. The highest BCUT2D eigenvalue weighted by atomic mass is 32.2. The van der Waals surface area contributed by atoms with Crippen LogP contribution in [-0.4, -0.2) is 64.6 Å². The van der Waals surface area contributed by atoms with E-state index < -0.39 is 33.4 Å². The molecular formula is C19H21F3N6O3S. The molecule has 2 aromatic rings. The number of sulfonamides is 1. The summed E-state index contributed by atoms with van der Waals surface area (Å²) in [6.07, 6.45) is -1.93. The van der Waals surface area contributed by atoms with Crippen molar-refractivity contribution in [1.29, 1.82) is 0 Å². The number of halogens is 3. The zero-order valence-electron chi connectivity index (χ0n) is 17.2. The van der Waals surface area contributed by atoms with Crippen molar-refractivity contribution in [2.75, 3.05) is 30.3 Å². The van der Waals surface area contributed by atoms with Gasteiger partial charge in [0.15, 0.2) is 5.60 Å². The van der Waals surface area contributed by atoms with Crippen LogP contribution in [0.25, 0.3) is 0 Å². The number of hydrogen-bond donors (Lipinski definition) is 2. The minimum absolute atomic E-state index is 0.0150. The number of pyridine rings is 1. The molecule has 1 fully saturated rings.